The Kier molecular flexibility index (Phi) is 3.95. The third-order valence-electron chi connectivity index (χ3n) is 3.67. The van der Waals surface area contributed by atoms with Gasteiger partial charge in [0.25, 0.3) is 0 Å². The molecule has 0 aliphatic heterocycles. The highest BCUT2D eigenvalue weighted by atomic mass is 79.9. The fraction of sp³-hybridized carbons (Fsp3) is 0.0588. The number of para-hydroxylation sites is 1. The number of thiophene rings is 1. The van der Waals surface area contributed by atoms with Crippen molar-refractivity contribution in [1.29, 1.82) is 5.26 Å². The first-order chi connectivity index (χ1) is 12.2. The lowest BCUT2D eigenvalue weighted by Crippen LogP contribution is -2.13. The molecule has 4 rings (SSSR count). The zero-order valence-corrected chi connectivity index (χ0v) is 15.0. The van der Waals surface area contributed by atoms with Crippen LogP contribution in [0.25, 0.3) is 21.6 Å². The number of nitriles is 1. The summed E-state index contributed by atoms with van der Waals surface area (Å²) in [6, 6.07) is 11.0. The number of nitrogens with zero attached hydrogens (tertiary/aromatic N) is 4. The molecular formula is C17H9BrN4O2S. The van der Waals surface area contributed by atoms with Gasteiger partial charge in [-0.3, -0.25) is 4.79 Å². The first kappa shape index (κ1) is 15.7. The number of halogens is 1. The van der Waals surface area contributed by atoms with Gasteiger partial charge in [-0.1, -0.05) is 17.3 Å². The van der Waals surface area contributed by atoms with Gasteiger partial charge in [-0.15, -0.1) is 11.3 Å². The number of hydrogen-bond donors (Lipinski definition) is 0. The first-order valence-corrected chi connectivity index (χ1v) is 8.92. The van der Waals surface area contributed by atoms with Crippen molar-refractivity contribution in [2.45, 2.75) is 6.54 Å². The topological polar surface area (TPSA) is 84.7 Å². The molecule has 0 bridgehead atoms. The van der Waals surface area contributed by atoms with Crippen LogP contribution in [0.15, 0.2) is 55.7 Å². The molecule has 0 atom stereocenters. The van der Waals surface area contributed by atoms with Crippen molar-refractivity contribution < 1.29 is 4.52 Å². The van der Waals surface area contributed by atoms with E-state index in [9.17, 15) is 10.1 Å². The lowest BCUT2D eigenvalue weighted by Gasteiger charge is -2.08. The van der Waals surface area contributed by atoms with Crippen molar-refractivity contribution in [3.05, 3.63) is 68.1 Å². The normalized spacial score (nSPS) is 10.9. The van der Waals surface area contributed by atoms with Gasteiger partial charge >= 0.3 is 0 Å². The maximum absolute atomic E-state index is 12.3. The standard InChI is InChI=1S/C17H9BrN4O2S/c18-11-5-14(25-9-11)17-20-15(24-21-17)8-22-7-10(6-19)16(23)12-3-1-2-4-13(12)22/h1-5,7,9H,8H2. The van der Waals surface area contributed by atoms with E-state index in [0.29, 0.717) is 22.6 Å². The summed E-state index contributed by atoms with van der Waals surface area (Å²) in [6.45, 7) is 0.273. The zero-order chi connectivity index (χ0) is 17.4. The minimum absolute atomic E-state index is 0.0839. The highest BCUT2D eigenvalue weighted by Crippen LogP contribution is 2.27. The zero-order valence-electron chi connectivity index (χ0n) is 12.6. The Morgan fingerprint density at radius 3 is 2.96 bits per heavy atom. The van der Waals surface area contributed by atoms with Crippen LogP contribution in [0.1, 0.15) is 11.5 Å². The number of hydrogen-bond acceptors (Lipinski definition) is 6. The first-order valence-electron chi connectivity index (χ1n) is 7.25. The van der Waals surface area contributed by atoms with Crippen LogP contribution in [0.5, 0.6) is 0 Å². The van der Waals surface area contributed by atoms with E-state index in [2.05, 4.69) is 26.1 Å². The summed E-state index contributed by atoms with van der Waals surface area (Å²) < 4.78 is 8.07. The molecule has 0 N–H and O–H groups in total. The molecular weight excluding hydrogens is 404 g/mol. The molecule has 0 aliphatic carbocycles. The van der Waals surface area contributed by atoms with Crippen LogP contribution in [0.4, 0.5) is 0 Å². The average molecular weight is 413 g/mol. The van der Waals surface area contributed by atoms with Crippen LogP contribution in [0.2, 0.25) is 0 Å². The number of rotatable bonds is 3. The van der Waals surface area contributed by atoms with E-state index in [1.807, 2.05) is 29.6 Å². The average Bonchev–Trinajstić information content (AvgIpc) is 3.26. The fourth-order valence-corrected chi connectivity index (χ4v) is 3.90. The van der Waals surface area contributed by atoms with E-state index in [1.165, 1.54) is 17.5 Å². The number of fused-ring (bicyclic) bond motifs is 1. The predicted molar refractivity (Wildman–Crippen MR) is 97.3 cm³/mol. The summed E-state index contributed by atoms with van der Waals surface area (Å²) >= 11 is 4.91. The van der Waals surface area contributed by atoms with Crippen molar-refractivity contribution in [3.63, 3.8) is 0 Å². The molecule has 0 radical (unpaired) electrons. The fourth-order valence-electron chi connectivity index (χ4n) is 2.55. The molecule has 4 aromatic rings. The maximum atomic E-state index is 12.3. The van der Waals surface area contributed by atoms with Gasteiger partial charge in [-0.2, -0.15) is 10.2 Å². The third-order valence-corrected chi connectivity index (χ3v) is 5.36. The van der Waals surface area contributed by atoms with Gasteiger partial charge in [0.2, 0.25) is 17.1 Å². The molecule has 3 heterocycles. The largest absolute Gasteiger partial charge is 0.337 e. The second-order valence-corrected chi connectivity index (χ2v) is 7.10. The van der Waals surface area contributed by atoms with Crippen molar-refractivity contribution in [1.82, 2.24) is 14.7 Å². The summed E-state index contributed by atoms with van der Waals surface area (Å²) in [4.78, 5) is 17.6. The molecule has 0 saturated heterocycles. The Morgan fingerprint density at radius 1 is 1.36 bits per heavy atom. The van der Waals surface area contributed by atoms with Gasteiger partial charge in [-0.25, -0.2) is 0 Å². The van der Waals surface area contributed by atoms with E-state index >= 15 is 0 Å². The van der Waals surface area contributed by atoms with E-state index < -0.39 is 0 Å². The molecule has 6 nitrogen and oxygen atoms in total. The molecule has 122 valence electrons. The molecule has 0 saturated carbocycles. The van der Waals surface area contributed by atoms with Crippen LogP contribution in [-0.2, 0) is 6.54 Å². The van der Waals surface area contributed by atoms with Crippen molar-refractivity contribution in [2.75, 3.05) is 0 Å². The maximum Gasteiger partial charge on any atom is 0.246 e. The predicted octanol–water partition coefficient (Wildman–Crippen LogP) is 3.80. The van der Waals surface area contributed by atoms with E-state index in [1.54, 1.807) is 16.7 Å². The van der Waals surface area contributed by atoms with Gasteiger partial charge in [0.15, 0.2) is 0 Å². The Labute approximate surface area is 154 Å². The third kappa shape index (κ3) is 2.88. The quantitative estimate of drug-likeness (QED) is 0.510. The van der Waals surface area contributed by atoms with Gasteiger partial charge < -0.3 is 9.09 Å². The smallest absolute Gasteiger partial charge is 0.246 e. The minimum atomic E-state index is -0.274. The number of pyridine rings is 1. The monoisotopic (exact) mass is 412 g/mol. The van der Waals surface area contributed by atoms with Crippen LogP contribution < -0.4 is 5.43 Å². The summed E-state index contributed by atoms with van der Waals surface area (Å²) in [5.74, 6) is 0.911. The van der Waals surface area contributed by atoms with Gasteiger partial charge in [-0.05, 0) is 34.1 Å². The molecule has 3 aromatic heterocycles. The Hall–Kier alpha value is -2.76. The summed E-state index contributed by atoms with van der Waals surface area (Å²) in [5, 5.41) is 15.6. The highest BCUT2D eigenvalue weighted by molar-refractivity contribution is 9.10. The minimum Gasteiger partial charge on any atom is -0.337 e. The molecule has 0 aliphatic rings. The molecule has 0 amide bonds. The lowest BCUT2D eigenvalue weighted by atomic mass is 10.1. The summed E-state index contributed by atoms with van der Waals surface area (Å²) in [5.41, 5.74) is 0.523. The second-order valence-electron chi connectivity index (χ2n) is 5.27. The molecule has 25 heavy (non-hydrogen) atoms. The number of benzene rings is 1. The molecule has 0 fully saturated rings. The Bertz CT molecular complexity index is 1190. The van der Waals surface area contributed by atoms with E-state index in [0.717, 1.165) is 9.35 Å². The highest BCUT2D eigenvalue weighted by Gasteiger charge is 2.14. The van der Waals surface area contributed by atoms with Gasteiger partial charge in [0.05, 0.1) is 10.4 Å². The molecule has 0 unspecified atom stereocenters. The van der Waals surface area contributed by atoms with Crippen molar-refractivity contribution in [2.24, 2.45) is 0 Å². The Balaban J connectivity index is 1.77. The van der Waals surface area contributed by atoms with Crippen molar-refractivity contribution >= 4 is 38.2 Å². The lowest BCUT2D eigenvalue weighted by molar-refractivity contribution is 0.372. The van der Waals surface area contributed by atoms with Gasteiger partial charge in [0.1, 0.15) is 18.2 Å². The van der Waals surface area contributed by atoms with E-state index in [-0.39, 0.29) is 17.5 Å². The summed E-state index contributed by atoms with van der Waals surface area (Å²) in [6.07, 6.45) is 1.52. The van der Waals surface area contributed by atoms with Crippen LogP contribution in [0, 0.1) is 11.3 Å². The number of aromatic nitrogens is 3. The molecule has 0 spiro atoms. The van der Waals surface area contributed by atoms with Crippen LogP contribution in [0.3, 0.4) is 0 Å². The van der Waals surface area contributed by atoms with Crippen molar-refractivity contribution in [3.8, 4) is 16.8 Å². The van der Waals surface area contributed by atoms with Crippen LogP contribution >= 0.6 is 27.3 Å². The second kappa shape index (κ2) is 6.27. The SMILES string of the molecule is N#Cc1cn(Cc2nc(-c3cc(Br)cs3)no2)c2ccccc2c1=O. The van der Waals surface area contributed by atoms with E-state index in [4.69, 9.17) is 4.52 Å². The van der Waals surface area contributed by atoms with Crippen LogP contribution in [-0.4, -0.2) is 14.7 Å². The summed E-state index contributed by atoms with van der Waals surface area (Å²) in [7, 11) is 0. The molecule has 8 heteroatoms. The molecule has 1 aromatic carbocycles. The Morgan fingerprint density at radius 2 is 2.20 bits per heavy atom. The van der Waals surface area contributed by atoms with Gasteiger partial charge in [0, 0.05) is 21.4 Å².